The summed E-state index contributed by atoms with van der Waals surface area (Å²) in [5.41, 5.74) is 7.79. The van der Waals surface area contributed by atoms with Crippen LogP contribution in [-0.2, 0) is 6.54 Å². The minimum absolute atomic E-state index is 0. The second kappa shape index (κ2) is 8.12. The molecule has 0 heterocycles. The number of aliphatic imine (C=N–C) groups is 1. The fourth-order valence-corrected chi connectivity index (χ4v) is 1.57. The molecule has 2 nitrogen and oxygen atoms in total. The molecular formula is C16H16ClFN2. The van der Waals surface area contributed by atoms with Crippen LogP contribution in [0.1, 0.15) is 11.1 Å². The summed E-state index contributed by atoms with van der Waals surface area (Å²) in [6.45, 7) is 0.450. The smallest absolute Gasteiger partial charge is 0.123 e. The molecule has 0 saturated heterocycles. The molecule has 0 aliphatic rings. The average molecular weight is 291 g/mol. The zero-order valence-corrected chi connectivity index (χ0v) is 11.7. The highest BCUT2D eigenvalue weighted by Gasteiger charge is 1.93. The standard InChI is InChI=1S/C16H15FN2.ClH/c17-15-9-6-14(7-10-15)12-19-16(18)11-8-13-4-2-1-3-5-13;/h1-11H,12H2,(H2,18,19);1H/b11-8+;. The van der Waals surface area contributed by atoms with Crippen LogP contribution in [0.15, 0.2) is 65.7 Å². The van der Waals surface area contributed by atoms with Crippen molar-refractivity contribution in [1.29, 1.82) is 0 Å². The van der Waals surface area contributed by atoms with Gasteiger partial charge in [-0.1, -0.05) is 48.5 Å². The summed E-state index contributed by atoms with van der Waals surface area (Å²) in [6.07, 6.45) is 3.67. The summed E-state index contributed by atoms with van der Waals surface area (Å²) in [5.74, 6) is 0.206. The van der Waals surface area contributed by atoms with E-state index in [-0.39, 0.29) is 18.2 Å². The molecule has 0 aromatic heterocycles. The molecule has 0 fully saturated rings. The van der Waals surface area contributed by atoms with Crippen LogP contribution in [0.3, 0.4) is 0 Å². The number of hydrogen-bond donors (Lipinski definition) is 1. The number of halogens is 2. The van der Waals surface area contributed by atoms with Gasteiger partial charge in [-0.25, -0.2) is 4.39 Å². The first-order valence-corrected chi connectivity index (χ1v) is 6.01. The lowest BCUT2D eigenvalue weighted by atomic mass is 10.2. The Kier molecular flexibility index (Phi) is 6.47. The van der Waals surface area contributed by atoms with E-state index in [1.165, 1.54) is 12.1 Å². The van der Waals surface area contributed by atoms with E-state index in [0.717, 1.165) is 11.1 Å². The average Bonchev–Trinajstić information content (AvgIpc) is 2.45. The second-order valence-corrected chi connectivity index (χ2v) is 4.11. The Labute approximate surface area is 124 Å². The van der Waals surface area contributed by atoms with Crippen LogP contribution < -0.4 is 5.73 Å². The normalized spacial score (nSPS) is 11.3. The minimum atomic E-state index is -0.246. The van der Waals surface area contributed by atoms with Crippen molar-refractivity contribution in [1.82, 2.24) is 0 Å². The van der Waals surface area contributed by atoms with E-state index in [2.05, 4.69) is 4.99 Å². The Bertz CT molecular complexity index is 577. The number of benzene rings is 2. The summed E-state index contributed by atoms with van der Waals surface area (Å²) in [5, 5.41) is 0. The summed E-state index contributed by atoms with van der Waals surface area (Å²) in [6, 6.07) is 16.1. The molecule has 0 bridgehead atoms. The van der Waals surface area contributed by atoms with Crippen LogP contribution >= 0.6 is 12.4 Å². The Morgan fingerprint density at radius 3 is 2.35 bits per heavy atom. The van der Waals surface area contributed by atoms with Crippen molar-refractivity contribution in [3.05, 3.63) is 77.6 Å². The van der Waals surface area contributed by atoms with Crippen LogP contribution in [0, 0.1) is 5.82 Å². The molecule has 0 radical (unpaired) electrons. The van der Waals surface area contributed by atoms with Crippen LogP contribution in [-0.4, -0.2) is 5.84 Å². The maximum atomic E-state index is 12.7. The molecule has 0 atom stereocenters. The van der Waals surface area contributed by atoms with Gasteiger partial charge in [0.15, 0.2) is 0 Å². The van der Waals surface area contributed by atoms with Crippen LogP contribution in [0.25, 0.3) is 6.08 Å². The first-order valence-electron chi connectivity index (χ1n) is 6.01. The minimum Gasteiger partial charge on any atom is -0.384 e. The lowest BCUT2D eigenvalue weighted by Crippen LogP contribution is -2.07. The predicted octanol–water partition coefficient (Wildman–Crippen LogP) is 3.82. The molecule has 0 amide bonds. The van der Waals surface area contributed by atoms with Crippen molar-refractivity contribution in [3.63, 3.8) is 0 Å². The van der Waals surface area contributed by atoms with Gasteiger partial charge in [0.05, 0.1) is 6.54 Å². The van der Waals surface area contributed by atoms with E-state index in [9.17, 15) is 4.39 Å². The fraction of sp³-hybridized carbons (Fsp3) is 0.0625. The van der Waals surface area contributed by atoms with E-state index in [1.807, 2.05) is 36.4 Å². The lowest BCUT2D eigenvalue weighted by molar-refractivity contribution is 0.627. The fourth-order valence-electron chi connectivity index (χ4n) is 1.57. The second-order valence-electron chi connectivity index (χ2n) is 4.11. The number of nitrogens with two attached hydrogens (primary N) is 1. The number of rotatable bonds is 4. The van der Waals surface area contributed by atoms with Crippen molar-refractivity contribution in [2.24, 2.45) is 10.7 Å². The van der Waals surface area contributed by atoms with Gasteiger partial charge in [0, 0.05) is 0 Å². The first kappa shape index (κ1) is 15.9. The molecule has 0 aliphatic carbocycles. The highest BCUT2D eigenvalue weighted by atomic mass is 35.5. The van der Waals surface area contributed by atoms with E-state index in [4.69, 9.17) is 5.73 Å². The molecule has 0 spiro atoms. The van der Waals surface area contributed by atoms with Crippen molar-refractivity contribution >= 4 is 24.3 Å². The zero-order chi connectivity index (χ0) is 13.5. The SMILES string of the molecule is Cl.NC(/C=C/c1ccccc1)=NCc1ccc(F)cc1. The van der Waals surface area contributed by atoms with Crippen LogP contribution in [0.2, 0.25) is 0 Å². The lowest BCUT2D eigenvalue weighted by Gasteiger charge is -1.97. The maximum Gasteiger partial charge on any atom is 0.123 e. The van der Waals surface area contributed by atoms with Gasteiger partial charge in [-0.3, -0.25) is 4.99 Å². The third-order valence-corrected chi connectivity index (χ3v) is 2.60. The molecule has 2 aromatic carbocycles. The largest absolute Gasteiger partial charge is 0.384 e. The molecule has 2 N–H and O–H groups in total. The van der Waals surface area contributed by atoms with Crippen LogP contribution in [0.5, 0.6) is 0 Å². The maximum absolute atomic E-state index is 12.7. The number of amidine groups is 1. The van der Waals surface area contributed by atoms with Gasteiger partial charge in [-0.15, -0.1) is 12.4 Å². The zero-order valence-electron chi connectivity index (χ0n) is 10.9. The van der Waals surface area contributed by atoms with E-state index in [0.29, 0.717) is 12.4 Å². The van der Waals surface area contributed by atoms with Gasteiger partial charge >= 0.3 is 0 Å². The molecule has 0 saturated carbocycles. The third kappa shape index (κ3) is 5.24. The van der Waals surface area contributed by atoms with Gasteiger partial charge in [0.1, 0.15) is 11.7 Å². The molecule has 4 heteroatoms. The summed E-state index contributed by atoms with van der Waals surface area (Å²) < 4.78 is 12.7. The quantitative estimate of drug-likeness (QED) is 0.675. The van der Waals surface area contributed by atoms with Gasteiger partial charge in [0.2, 0.25) is 0 Å². The topological polar surface area (TPSA) is 38.4 Å². The van der Waals surface area contributed by atoms with Crippen molar-refractivity contribution < 1.29 is 4.39 Å². The molecule has 104 valence electrons. The first-order chi connectivity index (χ1) is 9.24. The Morgan fingerprint density at radius 1 is 1.05 bits per heavy atom. The van der Waals surface area contributed by atoms with Gasteiger partial charge in [-0.2, -0.15) is 0 Å². The highest BCUT2D eigenvalue weighted by molar-refractivity contribution is 5.95. The monoisotopic (exact) mass is 290 g/mol. The molecule has 0 aliphatic heterocycles. The number of nitrogens with zero attached hydrogens (tertiary/aromatic N) is 1. The predicted molar refractivity (Wildman–Crippen MR) is 84.5 cm³/mol. The summed E-state index contributed by atoms with van der Waals surface area (Å²) in [7, 11) is 0. The summed E-state index contributed by atoms with van der Waals surface area (Å²) in [4.78, 5) is 4.22. The van der Waals surface area contributed by atoms with Crippen molar-refractivity contribution in [3.8, 4) is 0 Å². The molecule has 0 unspecified atom stereocenters. The van der Waals surface area contributed by atoms with Crippen molar-refractivity contribution in [2.75, 3.05) is 0 Å². The molecule has 20 heavy (non-hydrogen) atoms. The van der Waals surface area contributed by atoms with Gasteiger partial charge in [-0.05, 0) is 29.3 Å². The third-order valence-electron chi connectivity index (χ3n) is 2.60. The van der Waals surface area contributed by atoms with Gasteiger partial charge < -0.3 is 5.73 Å². The van der Waals surface area contributed by atoms with Gasteiger partial charge in [0.25, 0.3) is 0 Å². The van der Waals surface area contributed by atoms with E-state index in [1.54, 1.807) is 18.2 Å². The molecular weight excluding hydrogens is 275 g/mol. The van der Waals surface area contributed by atoms with E-state index >= 15 is 0 Å². The molecule has 2 aromatic rings. The Balaban J connectivity index is 0.00000200. The van der Waals surface area contributed by atoms with E-state index < -0.39 is 0 Å². The van der Waals surface area contributed by atoms with Crippen molar-refractivity contribution in [2.45, 2.75) is 6.54 Å². The Morgan fingerprint density at radius 2 is 1.70 bits per heavy atom. The van der Waals surface area contributed by atoms with Crippen LogP contribution in [0.4, 0.5) is 4.39 Å². The summed E-state index contributed by atoms with van der Waals surface area (Å²) >= 11 is 0. The Hall–Kier alpha value is -2.13. The number of hydrogen-bond acceptors (Lipinski definition) is 1. The highest BCUT2D eigenvalue weighted by Crippen LogP contribution is 2.04. The molecule has 2 rings (SSSR count).